The van der Waals surface area contributed by atoms with Gasteiger partial charge in [0, 0.05) is 30.6 Å². The summed E-state index contributed by atoms with van der Waals surface area (Å²) >= 11 is 6.08. The van der Waals surface area contributed by atoms with Crippen LogP contribution in [-0.4, -0.2) is 16.7 Å². The third-order valence-corrected chi connectivity index (χ3v) is 3.41. The summed E-state index contributed by atoms with van der Waals surface area (Å²) in [4.78, 5) is 0.861. The van der Waals surface area contributed by atoms with Gasteiger partial charge in [0.1, 0.15) is 0 Å². The van der Waals surface area contributed by atoms with Gasteiger partial charge < -0.3 is 21.2 Å². The summed E-state index contributed by atoms with van der Waals surface area (Å²) in [6, 6.07) is 0. The van der Waals surface area contributed by atoms with Gasteiger partial charge >= 0.3 is 0 Å². The molecule has 6 N–H and O–H groups in total. The quantitative estimate of drug-likeness (QED) is 0.317. The molecule has 0 aliphatic rings. The van der Waals surface area contributed by atoms with Crippen molar-refractivity contribution >= 4 is 41.1 Å². The molecular formula is C10H23ClN6S2. The third-order valence-electron chi connectivity index (χ3n) is 2.16. The maximum absolute atomic E-state index is 5.22. The van der Waals surface area contributed by atoms with Crippen molar-refractivity contribution in [2.45, 2.75) is 26.2 Å². The highest BCUT2D eigenvalue weighted by atomic mass is 35.5. The molecule has 19 heavy (non-hydrogen) atoms. The van der Waals surface area contributed by atoms with E-state index in [4.69, 9.17) is 11.7 Å². The molecule has 1 heterocycles. The first-order chi connectivity index (χ1) is 8.27. The molecule has 0 unspecified atom stereocenters. The summed E-state index contributed by atoms with van der Waals surface area (Å²) in [5.41, 5.74) is 3.66. The van der Waals surface area contributed by atoms with E-state index in [2.05, 4.69) is 54.2 Å². The fourth-order valence-electron chi connectivity index (χ4n) is 1.24. The van der Waals surface area contributed by atoms with Gasteiger partial charge in [-0.15, -0.1) is 23.7 Å². The van der Waals surface area contributed by atoms with Crippen molar-refractivity contribution in [2.75, 3.05) is 7.05 Å². The van der Waals surface area contributed by atoms with Gasteiger partial charge in [0.05, 0.1) is 0 Å². The highest BCUT2D eigenvalue weighted by Crippen LogP contribution is 2.21. The number of thiazole rings is 1. The lowest BCUT2D eigenvalue weighted by Crippen LogP contribution is -2.37. The maximum atomic E-state index is 5.22. The van der Waals surface area contributed by atoms with Gasteiger partial charge in [0.15, 0.2) is 5.11 Å². The Morgan fingerprint density at radius 1 is 1.47 bits per heavy atom. The summed E-state index contributed by atoms with van der Waals surface area (Å²) in [6.07, 6.45) is 0. The molecule has 0 atom stereocenters. The molecule has 0 amide bonds. The molecule has 0 saturated heterocycles. The number of hydrazine groups is 1. The molecular weight excluding hydrogens is 304 g/mol. The first-order valence-corrected chi connectivity index (χ1v) is 6.64. The smallest absolute Gasteiger partial charge is 0.207 e. The largest absolute Gasteiger partial charge is 0.365 e. The first-order valence-electron chi connectivity index (χ1n) is 5.35. The molecule has 0 spiro atoms. The van der Waals surface area contributed by atoms with Crippen LogP contribution in [0.2, 0.25) is 0 Å². The van der Waals surface area contributed by atoms with Crippen molar-refractivity contribution in [1.82, 2.24) is 15.3 Å². The molecule has 9 heteroatoms. The molecule has 0 radical (unpaired) electrons. The Morgan fingerprint density at radius 3 is 2.16 bits per heavy atom. The molecule has 0 bridgehead atoms. The monoisotopic (exact) mass is 326 g/mol. The van der Waals surface area contributed by atoms with Gasteiger partial charge in [0.25, 0.3) is 0 Å². The molecule has 0 saturated carbocycles. The normalized spacial score (nSPS) is 10.9. The second-order valence-corrected chi connectivity index (χ2v) is 5.81. The topological polar surface area (TPSA) is 93.4 Å². The van der Waals surface area contributed by atoms with Crippen molar-refractivity contribution in [3.05, 3.63) is 15.9 Å². The van der Waals surface area contributed by atoms with Crippen molar-refractivity contribution in [2.24, 2.45) is 23.8 Å². The minimum absolute atomic E-state index is 0. The lowest BCUT2D eigenvalue weighted by molar-refractivity contribution is 0.537. The van der Waals surface area contributed by atoms with Gasteiger partial charge in [0.2, 0.25) is 4.80 Å². The average Bonchev–Trinajstić information content (AvgIpc) is 2.69. The molecule has 112 valence electrons. The van der Waals surface area contributed by atoms with Crippen molar-refractivity contribution in [1.29, 1.82) is 0 Å². The predicted molar refractivity (Wildman–Crippen MR) is 88.0 cm³/mol. The fourth-order valence-corrected chi connectivity index (χ4v) is 2.28. The highest BCUT2D eigenvalue weighted by Gasteiger charge is 2.17. The molecule has 6 nitrogen and oxygen atoms in total. The molecule has 0 aromatic carbocycles. The van der Waals surface area contributed by atoms with E-state index in [1.54, 1.807) is 18.4 Å². The number of nitrogens with two attached hydrogens (primary N) is 2. The van der Waals surface area contributed by atoms with Crippen LogP contribution in [0.1, 0.15) is 26.5 Å². The van der Waals surface area contributed by atoms with Crippen LogP contribution in [0.15, 0.2) is 10.5 Å². The van der Waals surface area contributed by atoms with E-state index >= 15 is 0 Å². The minimum Gasteiger partial charge on any atom is -0.365 e. The van der Waals surface area contributed by atoms with Crippen LogP contribution in [0, 0.1) is 0 Å². The number of rotatable bonds is 0. The van der Waals surface area contributed by atoms with Crippen LogP contribution in [0.3, 0.4) is 0 Å². The van der Waals surface area contributed by atoms with E-state index in [1.165, 1.54) is 5.69 Å². The fraction of sp³-hybridized carbons (Fsp3) is 0.600. The van der Waals surface area contributed by atoms with E-state index in [9.17, 15) is 0 Å². The Bertz CT molecular complexity index is 440. The molecule has 0 fully saturated rings. The first kappa shape index (κ1) is 20.5. The maximum Gasteiger partial charge on any atom is 0.207 e. The van der Waals surface area contributed by atoms with E-state index < -0.39 is 0 Å². The molecule has 1 aromatic rings. The number of hydrogen-bond acceptors (Lipinski definition) is 5. The summed E-state index contributed by atoms with van der Waals surface area (Å²) in [5, 5.41) is 8.85. The zero-order valence-electron chi connectivity index (χ0n) is 11.9. The number of aromatic nitrogens is 1. The van der Waals surface area contributed by atoms with E-state index in [0.29, 0.717) is 5.11 Å². The average molecular weight is 327 g/mol. The van der Waals surface area contributed by atoms with E-state index in [1.807, 2.05) is 11.6 Å². The zero-order chi connectivity index (χ0) is 14.3. The Balaban J connectivity index is 0. The second kappa shape index (κ2) is 9.13. The lowest BCUT2D eigenvalue weighted by atomic mass is 9.93. The van der Waals surface area contributed by atoms with Crippen molar-refractivity contribution in [3.8, 4) is 0 Å². The summed E-state index contributed by atoms with van der Waals surface area (Å²) in [7, 11) is 3.69. The van der Waals surface area contributed by atoms with Gasteiger partial charge in [-0.1, -0.05) is 20.8 Å². The van der Waals surface area contributed by atoms with Crippen LogP contribution in [-0.2, 0) is 12.5 Å². The van der Waals surface area contributed by atoms with Gasteiger partial charge in [-0.3, -0.25) is 0 Å². The molecule has 1 aromatic heterocycles. The van der Waals surface area contributed by atoms with Gasteiger partial charge in [-0.2, -0.15) is 5.10 Å². The van der Waals surface area contributed by atoms with Crippen LogP contribution in [0.4, 0.5) is 0 Å². The Morgan fingerprint density at radius 2 is 2.00 bits per heavy atom. The summed E-state index contributed by atoms with van der Waals surface area (Å²) < 4.78 is 2.03. The van der Waals surface area contributed by atoms with Crippen molar-refractivity contribution in [3.63, 3.8) is 0 Å². The number of nitrogens with zero attached hydrogens (tertiary/aromatic N) is 2. The lowest BCUT2D eigenvalue weighted by Gasteiger charge is -2.18. The standard InChI is InChI=1S/C8H15N3S.C2H7N3S.ClH/c1-8(2,3)6-5-12-7(10-9)11(6)4;1-4-2(6)5-3;/h5H,9H2,1-4H3;3H2,1H3,(H2,4,5,6);1H. The predicted octanol–water partition coefficient (Wildman–Crippen LogP) is 0.534. The Kier molecular flexibility index (Phi) is 9.85. The van der Waals surface area contributed by atoms with Crippen molar-refractivity contribution < 1.29 is 0 Å². The molecule has 0 aliphatic carbocycles. The van der Waals surface area contributed by atoms with Crippen LogP contribution in [0.25, 0.3) is 0 Å². The van der Waals surface area contributed by atoms with Gasteiger partial charge in [-0.25, -0.2) is 5.84 Å². The summed E-state index contributed by atoms with van der Waals surface area (Å²) in [6.45, 7) is 6.53. The number of thiocarbonyl (C=S) groups is 1. The number of nitrogens with one attached hydrogen (secondary N) is 2. The molecule has 1 rings (SSSR count). The summed E-state index contributed by atoms with van der Waals surface area (Å²) in [5.74, 6) is 10.1. The Hall–Kier alpha value is -0.830. The van der Waals surface area contributed by atoms with E-state index in [-0.39, 0.29) is 17.8 Å². The minimum atomic E-state index is 0. The van der Waals surface area contributed by atoms with Crippen LogP contribution in [0.5, 0.6) is 0 Å². The number of hydrogen-bond donors (Lipinski definition) is 4. The zero-order valence-corrected chi connectivity index (χ0v) is 14.3. The van der Waals surface area contributed by atoms with Crippen LogP contribution < -0.4 is 27.2 Å². The second-order valence-electron chi connectivity index (χ2n) is 4.57. The molecule has 0 aliphatic heterocycles. The number of halogens is 1. The SMILES string of the molecule is CNC(=S)NN.Cl.Cn1c(C(C)(C)C)csc1=NN. The third kappa shape index (κ3) is 6.76. The van der Waals surface area contributed by atoms with Gasteiger partial charge in [-0.05, 0) is 12.2 Å². The van der Waals surface area contributed by atoms with E-state index in [0.717, 1.165) is 4.80 Å². The highest BCUT2D eigenvalue weighted by molar-refractivity contribution is 7.80. The Labute approximate surface area is 129 Å². The van der Waals surface area contributed by atoms with Crippen LogP contribution >= 0.6 is 36.0 Å².